The second-order valence-corrected chi connectivity index (χ2v) is 7.92. The smallest absolute Gasteiger partial charge is 0.193 e. The maximum atomic E-state index is 5.74. The van der Waals surface area contributed by atoms with E-state index in [2.05, 4.69) is 53.0 Å². The van der Waals surface area contributed by atoms with Gasteiger partial charge in [-0.1, -0.05) is 26.0 Å². The minimum Gasteiger partial charge on any atom is -0.378 e. The number of rotatable bonds is 3. The maximum Gasteiger partial charge on any atom is 0.193 e. The fourth-order valence-corrected chi connectivity index (χ4v) is 4.20. The highest BCUT2D eigenvalue weighted by atomic mass is 16.5. The molecule has 5 nitrogen and oxygen atoms in total. The van der Waals surface area contributed by atoms with Crippen LogP contribution in [0.5, 0.6) is 0 Å². The van der Waals surface area contributed by atoms with Crippen LogP contribution in [0.3, 0.4) is 0 Å². The number of aliphatic imine (C=N–C) groups is 1. The van der Waals surface area contributed by atoms with Crippen LogP contribution in [-0.2, 0) is 4.74 Å². The molecule has 3 atom stereocenters. The summed E-state index contributed by atoms with van der Waals surface area (Å²) in [5.41, 5.74) is 0.0635. The molecular weight excluding hydrogens is 288 g/mol. The zero-order valence-corrected chi connectivity index (χ0v) is 15.3. The molecule has 2 fully saturated rings. The molecule has 5 heteroatoms. The molecule has 23 heavy (non-hydrogen) atoms. The van der Waals surface area contributed by atoms with Gasteiger partial charge in [0.25, 0.3) is 0 Å². The molecule has 0 bridgehead atoms. The summed E-state index contributed by atoms with van der Waals surface area (Å²) in [6.07, 6.45) is 6.81. The summed E-state index contributed by atoms with van der Waals surface area (Å²) in [6, 6.07) is 1.07. The summed E-state index contributed by atoms with van der Waals surface area (Å²) in [5.74, 6) is 1.05. The van der Waals surface area contributed by atoms with Crippen LogP contribution in [0.25, 0.3) is 0 Å². The van der Waals surface area contributed by atoms with Crippen LogP contribution < -0.4 is 5.32 Å². The first-order chi connectivity index (χ1) is 10.9. The summed E-state index contributed by atoms with van der Waals surface area (Å²) in [7, 11) is 3.72. The standard InChI is InChI=1S/C18H32N4O/c1-17(2)15(12-18(17,3)23-5)20-16(19-4)22-11-8-14(13-22)21-9-6-7-10-21/h6-7,14-15H,8-13H2,1-5H3,(H,19,20). The Balaban J connectivity index is 1.57. The monoisotopic (exact) mass is 320 g/mol. The number of hydrogen-bond acceptors (Lipinski definition) is 3. The molecule has 0 amide bonds. The van der Waals surface area contributed by atoms with Crippen LogP contribution >= 0.6 is 0 Å². The van der Waals surface area contributed by atoms with Gasteiger partial charge in [0, 0.05) is 57.8 Å². The Labute approximate surface area is 140 Å². The topological polar surface area (TPSA) is 40.1 Å². The minimum atomic E-state index is -0.0434. The molecule has 0 aromatic heterocycles. The van der Waals surface area contributed by atoms with E-state index in [1.165, 1.54) is 6.42 Å². The van der Waals surface area contributed by atoms with Gasteiger partial charge in [0.1, 0.15) is 0 Å². The first-order valence-electron chi connectivity index (χ1n) is 8.84. The van der Waals surface area contributed by atoms with Gasteiger partial charge in [-0.3, -0.25) is 9.89 Å². The third-order valence-corrected chi connectivity index (χ3v) is 6.62. The third-order valence-electron chi connectivity index (χ3n) is 6.62. The van der Waals surface area contributed by atoms with E-state index in [1.807, 2.05) is 14.2 Å². The fraction of sp³-hybridized carbons (Fsp3) is 0.833. The molecule has 0 aromatic carbocycles. The van der Waals surface area contributed by atoms with E-state index in [9.17, 15) is 0 Å². The third kappa shape index (κ3) is 2.78. The molecule has 2 aliphatic heterocycles. The normalized spacial score (nSPS) is 37.3. The van der Waals surface area contributed by atoms with Crippen LogP contribution in [0.4, 0.5) is 0 Å². The van der Waals surface area contributed by atoms with Crippen molar-refractivity contribution in [2.75, 3.05) is 40.3 Å². The van der Waals surface area contributed by atoms with E-state index >= 15 is 0 Å². The van der Waals surface area contributed by atoms with E-state index in [0.29, 0.717) is 12.1 Å². The van der Waals surface area contributed by atoms with Gasteiger partial charge in [-0.25, -0.2) is 0 Å². The SMILES string of the molecule is CN=C(NC1CC(C)(OC)C1(C)C)N1CCC(N2CC=CC2)C1. The van der Waals surface area contributed by atoms with Gasteiger partial charge < -0.3 is 15.0 Å². The number of likely N-dealkylation sites (tertiary alicyclic amines) is 1. The molecule has 3 unspecified atom stereocenters. The van der Waals surface area contributed by atoms with Crippen LogP contribution in [0.15, 0.2) is 17.1 Å². The van der Waals surface area contributed by atoms with Crippen LogP contribution in [0, 0.1) is 5.41 Å². The van der Waals surface area contributed by atoms with Crippen molar-refractivity contribution in [1.29, 1.82) is 0 Å². The molecule has 1 aliphatic carbocycles. The Morgan fingerprint density at radius 1 is 1.26 bits per heavy atom. The Bertz CT molecular complexity index is 493. The predicted molar refractivity (Wildman–Crippen MR) is 94.8 cm³/mol. The molecular formula is C18H32N4O. The second-order valence-electron chi connectivity index (χ2n) is 7.92. The highest BCUT2D eigenvalue weighted by Gasteiger charge is 2.58. The Morgan fingerprint density at radius 3 is 2.52 bits per heavy atom. The van der Waals surface area contributed by atoms with Crippen LogP contribution in [-0.4, -0.2) is 73.8 Å². The van der Waals surface area contributed by atoms with E-state index in [1.54, 1.807) is 0 Å². The van der Waals surface area contributed by atoms with Crippen molar-refractivity contribution in [3.63, 3.8) is 0 Å². The molecule has 3 aliphatic rings. The van der Waals surface area contributed by atoms with E-state index in [4.69, 9.17) is 4.74 Å². The zero-order valence-electron chi connectivity index (χ0n) is 15.3. The van der Waals surface area contributed by atoms with Crippen molar-refractivity contribution >= 4 is 5.96 Å². The molecule has 0 spiro atoms. The first-order valence-corrected chi connectivity index (χ1v) is 8.84. The van der Waals surface area contributed by atoms with Gasteiger partial charge in [-0.2, -0.15) is 0 Å². The summed E-state index contributed by atoms with van der Waals surface area (Å²) in [4.78, 5) is 9.52. The molecule has 3 rings (SSSR count). The van der Waals surface area contributed by atoms with Crippen LogP contribution in [0.2, 0.25) is 0 Å². The minimum absolute atomic E-state index is 0.0434. The molecule has 1 N–H and O–H groups in total. The lowest BCUT2D eigenvalue weighted by Crippen LogP contribution is -2.69. The molecule has 0 radical (unpaired) electrons. The number of nitrogens with one attached hydrogen (secondary N) is 1. The average Bonchev–Trinajstić information content (AvgIpc) is 3.21. The zero-order chi connectivity index (χ0) is 16.7. The van der Waals surface area contributed by atoms with E-state index < -0.39 is 0 Å². The van der Waals surface area contributed by atoms with Crippen molar-refractivity contribution in [2.45, 2.75) is 51.3 Å². The van der Waals surface area contributed by atoms with E-state index in [-0.39, 0.29) is 11.0 Å². The van der Waals surface area contributed by atoms with Gasteiger partial charge in [0.05, 0.1) is 5.60 Å². The number of nitrogens with zero attached hydrogens (tertiary/aromatic N) is 3. The quantitative estimate of drug-likeness (QED) is 0.488. The lowest BCUT2D eigenvalue weighted by Gasteiger charge is -2.59. The van der Waals surface area contributed by atoms with Crippen molar-refractivity contribution in [3.8, 4) is 0 Å². The molecule has 0 aromatic rings. The van der Waals surface area contributed by atoms with Crippen molar-refractivity contribution in [3.05, 3.63) is 12.2 Å². The summed E-state index contributed by atoms with van der Waals surface area (Å²) < 4.78 is 5.74. The fourth-order valence-electron chi connectivity index (χ4n) is 4.20. The number of guanidine groups is 1. The molecule has 1 saturated carbocycles. The first kappa shape index (κ1) is 16.8. The Hall–Kier alpha value is -1.07. The average molecular weight is 320 g/mol. The predicted octanol–water partition coefficient (Wildman–Crippen LogP) is 1.71. The van der Waals surface area contributed by atoms with Crippen molar-refractivity contribution in [2.24, 2.45) is 10.4 Å². The van der Waals surface area contributed by atoms with Gasteiger partial charge in [-0.15, -0.1) is 0 Å². The lowest BCUT2D eigenvalue weighted by molar-refractivity contribution is -0.176. The van der Waals surface area contributed by atoms with E-state index in [0.717, 1.165) is 38.6 Å². The van der Waals surface area contributed by atoms with Crippen molar-refractivity contribution in [1.82, 2.24) is 15.1 Å². The molecule has 1 saturated heterocycles. The number of methoxy groups -OCH3 is 1. The maximum absolute atomic E-state index is 5.74. The Morgan fingerprint density at radius 2 is 1.96 bits per heavy atom. The van der Waals surface area contributed by atoms with Crippen LogP contribution in [0.1, 0.15) is 33.6 Å². The largest absolute Gasteiger partial charge is 0.378 e. The summed E-state index contributed by atoms with van der Waals surface area (Å²) in [5, 5.41) is 3.70. The second kappa shape index (κ2) is 6.10. The summed E-state index contributed by atoms with van der Waals surface area (Å²) >= 11 is 0. The highest BCUT2D eigenvalue weighted by Crippen LogP contribution is 2.51. The Kier molecular flexibility index (Phi) is 4.45. The number of ether oxygens (including phenoxy) is 1. The van der Waals surface area contributed by atoms with Gasteiger partial charge in [0.2, 0.25) is 0 Å². The van der Waals surface area contributed by atoms with Gasteiger partial charge in [-0.05, 0) is 19.8 Å². The molecule has 2 heterocycles. The summed E-state index contributed by atoms with van der Waals surface area (Å²) in [6.45, 7) is 11.2. The lowest BCUT2D eigenvalue weighted by atomic mass is 9.56. The van der Waals surface area contributed by atoms with Gasteiger partial charge >= 0.3 is 0 Å². The molecule has 130 valence electrons. The van der Waals surface area contributed by atoms with Gasteiger partial charge in [0.15, 0.2) is 5.96 Å². The van der Waals surface area contributed by atoms with Crippen molar-refractivity contribution < 1.29 is 4.74 Å². The number of hydrogen-bond donors (Lipinski definition) is 1. The highest BCUT2D eigenvalue weighted by molar-refractivity contribution is 5.80.